The van der Waals surface area contributed by atoms with Gasteiger partial charge in [0.05, 0.1) is 26.8 Å². The lowest BCUT2D eigenvalue weighted by molar-refractivity contribution is -0.115. The summed E-state index contributed by atoms with van der Waals surface area (Å²) in [7, 11) is 0. The fraction of sp³-hybridized carbons (Fsp3) is 0.280. The van der Waals surface area contributed by atoms with E-state index in [0.29, 0.717) is 15.6 Å². The largest absolute Gasteiger partial charge is 0.368 e. The summed E-state index contributed by atoms with van der Waals surface area (Å²) in [6, 6.07) is 9.82. The van der Waals surface area contributed by atoms with Crippen molar-refractivity contribution in [2.75, 3.05) is 37.6 Å². The molecule has 2 fully saturated rings. The molecule has 2 aromatic heterocycles. The summed E-state index contributed by atoms with van der Waals surface area (Å²) >= 11 is 7.63. The standard InChI is InChI=1S/C25H24ClN5O2S/c1-2-7-30-8-10-31(11-9-30)21-6-4-16(12-20(21)26)19-15-27-14-17-3-5-18(28-23(17)19)13-22-24(32)29-25(33)34-22/h3-6,12-15H,2,7-11H2,1H3,(H,29,32,33). The van der Waals surface area contributed by atoms with E-state index in [1.807, 2.05) is 18.2 Å². The number of aromatic nitrogens is 2. The first-order valence-corrected chi connectivity index (χ1v) is 12.5. The molecule has 174 valence electrons. The van der Waals surface area contributed by atoms with Gasteiger partial charge in [0.25, 0.3) is 11.1 Å². The van der Waals surface area contributed by atoms with Crippen LogP contribution in [0.5, 0.6) is 0 Å². The van der Waals surface area contributed by atoms with Gasteiger partial charge in [-0.2, -0.15) is 0 Å². The van der Waals surface area contributed by atoms with Crippen LogP contribution in [0.2, 0.25) is 5.02 Å². The Balaban J connectivity index is 1.45. The van der Waals surface area contributed by atoms with E-state index in [1.54, 1.807) is 18.5 Å². The fourth-order valence-corrected chi connectivity index (χ4v) is 5.33. The number of hydrogen-bond donors (Lipinski definition) is 1. The maximum absolute atomic E-state index is 11.9. The summed E-state index contributed by atoms with van der Waals surface area (Å²) in [6.07, 6.45) is 6.34. The number of thioether (sulfide) groups is 1. The van der Waals surface area contributed by atoms with Gasteiger partial charge in [-0.1, -0.05) is 24.6 Å². The minimum atomic E-state index is -0.398. The van der Waals surface area contributed by atoms with Crippen LogP contribution in [-0.2, 0) is 4.79 Å². The monoisotopic (exact) mass is 493 g/mol. The van der Waals surface area contributed by atoms with Crippen LogP contribution in [0.25, 0.3) is 28.1 Å². The highest BCUT2D eigenvalue weighted by Gasteiger charge is 2.25. The van der Waals surface area contributed by atoms with E-state index in [1.165, 1.54) is 6.42 Å². The number of carbonyl (C=O) groups excluding carboxylic acids is 2. The van der Waals surface area contributed by atoms with Crippen LogP contribution in [-0.4, -0.2) is 58.7 Å². The van der Waals surface area contributed by atoms with Gasteiger partial charge in [0, 0.05) is 49.5 Å². The Morgan fingerprint density at radius 2 is 1.94 bits per heavy atom. The minimum Gasteiger partial charge on any atom is -0.368 e. The third-order valence-electron chi connectivity index (χ3n) is 6.05. The highest BCUT2D eigenvalue weighted by molar-refractivity contribution is 8.18. The molecule has 2 aliphatic heterocycles. The minimum absolute atomic E-state index is 0.332. The number of anilines is 1. The fourth-order valence-electron chi connectivity index (χ4n) is 4.36. The molecule has 0 aliphatic carbocycles. The smallest absolute Gasteiger partial charge is 0.290 e. The molecule has 0 atom stereocenters. The van der Waals surface area contributed by atoms with Gasteiger partial charge in [0.15, 0.2) is 0 Å². The lowest BCUT2D eigenvalue weighted by atomic mass is 10.0. The number of benzene rings is 1. The zero-order valence-electron chi connectivity index (χ0n) is 18.8. The number of nitrogens with one attached hydrogen (secondary N) is 1. The number of carbonyl (C=O) groups is 2. The Labute approximate surface area is 207 Å². The number of fused-ring (bicyclic) bond motifs is 1. The molecule has 0 saturated carbocycles. The van der Waals surface area contributed by atoms with Crippen molar-refractivity contribution in [3.05, 3.63) is 58.3 Å². The number of rotatable bonds is 5. The summed E-state index contributed by atoms with van der Waals surface area (Å²) in [5, 5.41) is 3.48. The van der Waals surface area contributed by atoms with E-state index in [-0.39, 0.29) is 5.24 Å². The van der Waals surface area contributed by atoms with Gasteiger partial charge in [-0.3, -0.25) is 24.8 Å². The highest BCUT2D eigenvalue weighted by atomic mass is 35.5. The molecule has 4 heterocycles. The van der Waals surface area contributed by atoms with Crippen LogP contribution >= 0.6 is 23.4 Å². The van der Waals surface area contributed by atoms with E-state index in [2.05, 4.69) is 39.2 Å². The van der Waals surface area contributed by atoms with Gasteiger partial charge < -0.3 is 4.90 Å². The van der Waals surface area contributed by atoms with Gasteiger partial charge in [-0.05, 0) is 60.6 Å². The molecular weight excluding hydrogens is 470 g/mol. The Bertz CT molecular complexity index is 1300. The molecule has 3 aromatic rings. The average Bonchev–Trinajstić information content (AvgIpc) is 3.15. The van der Waals surface area contributed by atoms with Crippen LogP contribution in [0.1, 0.15) is 19.0 Å². The maximum Gasteiger partial charge on any atom is 0.290 e. The first kappa shape index (κ1) is 22.8. The Morgan fingerprint density at radius 1 is 1.12 bits per heavy atom. The SMILES string of the molecule is CCCN1CCN(c2ccc(-c3cncc4ccc(C=C5SC(=O)NC5=O)nc34)cc2Cl)CC1. The molecular formula is C25H24ClN5O2S. The van der Waals surface area contributed by atoms with Gasteiger partial charge >= 0.3 is 0 Å². The molecule has 34 heavy (non-hydrogen) atoms. The van der Waals surface area contributed by atoms with E-state index in [0.717, 1.165) is 72.2 Å². The lowest BCUT2D eigenvalue weighted by Gasteiger charge is -2.36. The quantitative estimate of drug-likeness (QED) is 0.511. The van der Waals surface area contributed by atoms with Crippen molar-refractivity contribution in [2.45, 2.75) is 13.3 Å². The third kappa shape index (κ3) is 4.66. The highest BCUT2D eigenvalue weighted by Crippen LogP contribution is 2.34. The molecule has 1 N–H and O–H groups in total. The van der Waals surface area contributed by atoms with E-state index < -0.39 is 5.91 Å². The van der Waals surface area contributed by atoms with Crippen LogP contribution < -0.4 is 10.2 Å². The average molecular weight is 494 g/mol. The molecule has 1 aromatic carbocycles. The number of halogens is 1. The molecule has 2 saturated heterocycles. The molecule has 0 bridgehead atoms. The number of amides is 2. The maximum atomic E-state index is 11.9. The predicted octanol–water partition coefficient (Wildman–Crippen LogP) is 4.81. The van der Waals surface area contributed by atoms with Crippen LogP contribution in [0.15, 0.2) is 47.6 Å². The van der Waals surface area contributed by atoms with Gasteiger partial charge in [0.1, 0.15) is 0 Å². The molecule has 0 spiro atoms. The lowest BCUT2D eigenvalue weighted by Crippen LogP contribution is -2.46. The zero-order valence-corrected chi connectivity index (χ0v) is 20.3. The van der Waals surface area contributed by atoms with Crippen molar-refractivity contribution < 1.29 is 9.59 Å². The van der Waals surface area contributed by atoms with Crippen molar-refractivity contribution in [1.29, 1.82) is 0 Å². The molecule has 0 radical (unpaired) electrons. The Kier molecular flexibility index (Phi) is 6.54. The van der Waals surface area contributed by atoms with E-state index in [4.69, 9.17) is 16.6 Å². The number of pyridine rings is 2. The van der Waals surface area contributed by atoms with Crippen LogP contribution in [0, 0.1) is 0 Å². The first-order chi connectivity index (χ1) is 16.5. The number of imide groups is 1. The van der Waals surface area contributed by atoms with Crippen molar-refractivity contribution in [1.82, 2.24) is 20.2 Å². The van der Waals surface area contributed by atoms with Crippen molar-refractivity contribution in [3.8, 4) is 11.1 Å². The number of hydrogen-bond acceptors (Lipinski definition) is 7. The van der Waals surface area contributed by atoms with E-state index >= 15 is 0 Å². The molecule has 5 rings (SSSR count). The third-order valence-corrected chi connectivity index (χ3v) is 7.17. The van der Waals surface area contributed by atoms with Crippen molar-refractivity contribution >= 4 is 57.2 Å². The van der Waals surface area contributed by atoms with Crippen molar-refractivity contribution in [3.63, 3.8) is 0 Å². The van der Waals surface area contributed by atoms with Crippen LogP contribution in [0.3, 0.4) is 0 Å². The topological polar surface area (TPSA) is 78.4 Å². The second kappa shape index (κ2) is 9.74. The Hall–Kier alpha value is -2.94. The number of piperazine rings is 1. The molecule has 0 unspecified atom stereocenters. The summed E-state index contributed by atoms with van der Waals surface area (Å²) < 4.78 is 0. The van der Waals surface area contributed by atoms with Gasteiger partial charge in [0.2, 0.25) is 0 Å². The second-order valence-corrected chi connectivity index (χ2v) is 9.76. The normalized spacial score (nSPS) is 18.2. The zero-order chi connectivity index (χ0) is 23.7. The number of nitrogens with zero attached hydrogens (tertiary/aromatic N) is 4. The predicted molar refractivity (Wildman–Crippen MR) is 138 cm³/mol. The van der Waals surface area contributed by atoms with Crippen molar-refractivity contribution in [2.24, 2.45) is 0 Å². The Morgan fingerprint density at radius 3 is 2.65 bits per heavy atom. The molecule has 2 amide bonds. The summed E-state index contributed by atoms with van der Waals surface area (Å²) in [6.45, 7) is 7.36. The first-order valence-electron chi connectivity index (χ1n) is 11.3. The summed E-state index contributed by atoms with van der Waals surface area (Å²) in [4.78, 5) is 37.7. The van der Waals surface area contributed by atoms with Gasteiger partial charge in [-0.25, -0.2) is 4.98 Å². The molecule has 7 nitrogen and oxygen atoms in total. The van der Waals surface area contributed by atoms with E-state index in [9.17, 15) is 9.59 Å². The van der Waals surface area contributed by atoms with Gasteiger partial charge in [-0.15, -0.1) is 0 Å². The van der Waals surface area contributed by atoms with Crippen LogP contribution in [0.4, 0.5) is 10.5 Å². The second-order valence-electron chi connectivity index (χ2n) is 8.34. The summed E-state index contributed by atoms with van der Waals surface area (Å²) in [5.41, 5.74) is 4.19. The molecule has 9 heteroatoms. The summed E-state index contributed by atoms with van der Waals surface area (Å²) in [5.74, 6) is -0.398. The molecule has 2 aliphatic rings.